The molecule has 134 valence electrons. The zero-order chi connectivity index (χ0) is 17.6. The van der Waals surface area contributed by atoms with Gasteiger partial charge >= 0.3 is 6.09 Å². The highest BCUT2D eigenvalue weighted by atomic mass is 16.6. The number of rotatable bonds is 5. The van der Waals surface area contributed by atoms with Crippen LogP contribution >= 0.6 is 0 Å². The van der Waals surface area contributed by atoms with Crippen LogP contribution in [0.5, 0.6) is 0 Å². The maximum absolute atomic E-state index is 12.2. The minimum atomic E-state index is -0.448. The number of likely N-dealkylation sites (tertiary alicyclic amines) is 1. The second kappa shape index (κ2) is 8.49. The Morgan fingerprint density at radius 2 is 2.04 bits per heavy atom. The smallest absolute Gasteiger partial charge is 0.410 e. The molecule has 1 heterocycles. The molecular weight excluding hydrogens is 304 g/mol. The Morgan fingerprint density at radius 1 is 1.33 bits per heavy atom. The van der Waals surface area contributed by atoms with Crippen molar-refractivity contribution in [1.82, 2.24) is 10.2 Å². The van der Waals surface area contributed by atoms with E-state index in [0.717, 1.165) is 50.1 Å². The summed E-state index contributed by atoms with van der Waals surface area (Å²) in [7, 11) is 0. The molecule has 0 unspecified atom stereocenters. The number of carbonyl (C=O) groups excluding carboxylic acids is 1. The second-order valence-corrected chi connectivity index (χ2v) is 7.49. The molecule has 1 fully saturated rings. The van der Waals surface area contributed by atoms with Crippen LogP contribution < -0.4 is 5.32 Å². The first-order chi connectivity index (χ1) is 11.4. The van der Waals surface area contributed by atoms with Crippen LogP contribution in [0.4, 0.5) is 4.79 Å². The van der Waals surface area contributed by atoms with Crippen molar-refractivity contribution in [3.8, 4) is 0 Å². The van der Waals surface area contributed by atoms with E-state index >= 15 is 0 Å². The number of aliphatic hydroxyl groups excluding tert-OH is 1. The number of carbonyl (C=O) groups is 1. The topological polar surface area (TPSA) is 61.8 Å². The van der Waals surface area contributed by atoms with Crippen molar-refractivity contribution in [3.63, 3.8) is 0 Å². The SMILES string of the molecule is CC(C)(C)OC(=O)N1CCC[C@@H](CNCc2ccccc2CO)C1. The molecule has 1 atom stereocenters. The van der Waals surface area contributed by atoms with Crippen LogP contribution in [-0.4, -0.2) is 41.3 Å². The molecule has 0 radical (unpaired) electrons. The number of benzene rings is 1. The molecule has 1 amide bonds. The third-order valence-electron chi connectivity index (χ3n) is 4.21. The van der Waals surface area contributed by atoms with Gasteiger partial charge < -0.3 is 20.1 Å². The summed E-state index contributed by atoms with van der Waals surface area (Å²) >= 11 is 0. The van der Waals surface area contributed by atoms with E-state index in [1.54, 1.807) is 0 Å². The number of piperidine rings is 1. The average Bonchev–Trinajstić information content (AvgIpc) is 2.54. The van der Waals surface area contributed by atoms with Crippen molar-refractivity contribution in [3.05, 3.63) is 35.4 Å². The van der Waals surface area contributed by atoms with Crippen LogP contribution in [0.3, 0.4) is 0 Å². The highest BCUT2D eigenvalue weighted by Crippen LogP contribution is 2.19. The summed E-state index contributed by atoms with van der Waals surface area (Å²) in [5, 5.41) is 12.8. The van der Waals surface area contributed by atoms with Crippen LogP contribution in [-0.2, 0) is 17.9 Å². The molecule has 0 aliphatic carbocycles. The molecule has 0 aromatic heterocycles. The van der Waals surface area contributed by atoms with Crippen LogP contribution in [0.25, 0.3) is 0 Å². The zero-order valence-corrected chi connectivity index (χ0v) is 15.0. The van der Waals surface area contributed by atoms with E-state index in [2.05, 4.69) is 5.32 Å². The molecule has 2 N–H and O–H groups in total. The fourth-order valence-electron chi connectivity index (χ4n) is 3.02. The summed E-state index contributed by atoms with van der Waals surface area (Å²) in [4.78, 5) is 14.0. The van der Waals surface area contributed by atoms with Crippen molar-refractivity contribution in [1.29, 1.82) is 0 Å². The molecular formula is C19H30N2O3. The number of amides is 1. The van der Waals surface area contributed by atoms with Crippen LogP contribution in [0.2, 0.25) is 0 Å². The van der Waals surface area contributed by atoms with E-state index in [1.807, 2.05) is 49.9 Å². The Bertz CT molecular complexity index is 540. The lowest BCUT2D eigenvalue weighted by Gasteiger charge is -2.34. The number of ether oxygens (including phenoxy) is 1. The van der Waals surface area contributed by atoms with Gasteiger partial charge in [0, 0.05) is 19.6 Å². The van der Waals surface area contributed by atoms with Gasteiger partial charge in [0.05, 0.1) is 6.61 Å². The first-order valence-corrected chi connectivity index (χ1v) is 8.75. The maximum Gasteiger partial charge on any atom is 0.410 e. The zero-order valence-electron chi connectivity index (χ0n) is 15.0. The summed E-state index contributed by atoms with van der Waals surface area (Å²) in [6.45, 7) is 8.86. The molecule has 5 nitrogen and oxygen atoms in total. The number of aliphatic hydroxyl groups is 1. The highest BCUT2D eigenvalue weighted by molar-refractivity contribution is 5.68. The lowest BCUT2D eigenvalue weighted by molar-refractivity contribution is 0.0166. The van der Waals surface area contributed by atoms with Gasteiger partial charge in [0.1, 0.15) is 5.60 Å². The first-order valence-electron chi connectivity index (χ1n) is 8.75. The van der Waals surface area contributed by atoms with Crippen molar-refractivity contribution in [2.45, 2.75) is 52.4 Å². The van der Waals surface area contributed by atoms with Crippen LogP contribution in [0.1, 0.15) is 44.7 Å². The summed E-state index contributed by atoms with van der Waals surface area (Å²) in [6, 6.07) is 7.91. The van der Waals surface area contributed by atoms with Crippen LogP contribution in [0.15, 0.2) is 24.3 Å². The average molecular weight is 334 g/mol. The van der Waals surface area contributed by atoms with Crippen molar-refractivity contribution >= 4 is 6.09 Å². The van der Waals surface area contributed by atoms with Gasteiger partial charge in [0.15, 0.2) is 0 Å². The molecule has 0 saturated carbocycles. The largest absolute Gasteiger partial charge is 0.444 e. The number of nitrogens with zero attached hydrogens (tertiary/aromatic N) is 1. The monoisotopic (exact) mass is 334 g/mol. The Hall–Kier alpha value is -1.59. The standard InChI is InChI=1S/C19H30N2O3/c1-19(2,3)24-18(23)21-10-6-7-15(13-21)11-20-12-16-8-4-5-9-17(16)14-22/h4-5,8-9,15,20,22H,6-7,10-14H2,1-3H3/t15-/m0/s1. The van der Waals surface area contributed by atoms with Gasteiger partial charge in [-0.15, -0.1) is 0 Å². The van der Waals surface area contributed by atoms with Gasteiger partial charge in [-0.05, 0) is 57.2 Å². The Balaban J connectivity index is 1.80. The highest BCUT2D eigenvalue weighted by Gasteiger charge is 2.27. The lowest BCUT2D eigenvalue weighted by Crippen LogP contribution is -2.45. The second-order valence-electron chi connectivity index (χ2n) is 7.49. The predicted octanol–water partition coefficient (Wildman–Crippen LogP) is 2.92. The van der Waals surface area contributed by atoms with Gasteiger partial charge in [0.2, 0.25) is 0 Å². The van der Waals surface area contributed by atoms with E-state index in [9.17, 15) is 9.90 Å². The molecule has 0 bridgehead atoms. The third kappa shape index (κ3) is 5.80. The van der Waals surface area contributed by atoms with E-state index in [0.29, 0.717) is 5.92 Å². The number of nitrogens with one attached hydrogen (secondary N) is 1. The first kappa shape index (κ1) is 18.7. The fraction of sp³-hybridized carbons (Fsp3) is 0.632. The van der Waals surface area contributed by atoms with Gasteiger partial charge in [-0.3, -0.25) is 0 Å². The molecule has 24 heavy (non-hydrogen) atoms. The van der Waals surface area contributed by atoms with Gasteiger partial charge in [-0.1, -0.05) is 24.3 Å². The molecule has 1 aliphatic rings. The Kier molecular flexibility index (Phi) is 6.63. The maximum atomic E-state index is 12.2. The molecule has 0 spiro atoms. The van der Waals surface area contributed by atoms with Gasteiger partial charge in [-0.25, -0.2) is 4.79 Å². The van der Waals surface area contributed by atoms with E-state index < -0.39 is 5.60 Å². The van der Waals surface area contributed by atoms with Crippen molar-refractivity contribution in [2.24, 2.45) is 5.92 Å². The van der Waals surface area contributed by atoms with Crippen molar-refractivity contribution in [2.75, 3.05) is 19.6 Å². The summed E-state index contributed by atoms with van der Waals surface area (Å²) in [5.41, 5.74) is 1.64. The summed E-state index contributed by atoms with van der Waals surface area (Å²) < 4.78 is 5.47. The molecule has 2 rings (SSSR count). The lowest BCUT2D eigenvalue weighted by atomic mass is 9.98. The van der Waals surface area contributed by atoms with E-state index in [4.69, 9.17) is 4.74 Å². The number of hydrogen-bond donors (Lipinski definition) is 2. The predicted molar refractivity (Wildman–Crippen MR) is 94.6 cm³/mol. The summed E-state index contributed by atoms with van der Waals surface area (Å²) in [6.07, 6.45) is 1.92. The van der Waals surface area contributed by atoms with E-state index in [-0.39, 0.29) is 12.7 Å². The van der Waals surface area contributed by atoms with Gasteiger partial charge in [-0.2, -0.15) is 0 Å². The molecule has 1 aromatic carbocycles. The normalized spacial score (nSPS) is 18.5. The number of hydrogen-bond acceptors (Lipinski definition) is 4. The quantitative estimate of drug-likeness (QED) is 0.869. The van der Waals surface area contributed by atoms with Crippen LogP contribution in [0, 0.1) is 5.92 Å². The molecule has 1 aromatic rings. The third-order valence-corrected chi connectivity index (χ3v) is 4.21. The summed E-state index contributed by atoms with van der Waals surface area (Å²) in [5.74, 6) is 0.438. The van der Waals surface area contributed by atoms with E-state index in [1.165, 1.54) is 0 Å². The minimum absolute atomic E-state index is 0.0632. The van der Waals surface area contributed by atoms with Crippen molar-refractivity contribution < 1.29 is 14.6 Å². The molecule has 1 aliphatic heterocycles. The Labute approximate surface area is 145 Å². The fourth-order valence-corrected chi connectivity index (χ4v) is 3.02. The molecule has 5 heteroatoms. The Morgan fingerprint density at radius 3 is 2.71 bits per heavy atom. The minimum Gasteiger partial charge on any atom is -0.444 e. The molecule has 1 saturated heterocycles. The van der Waals surface area contributed by atoms with Gasteiger partial charge in [0.25, 0.3) is 0 Å².